The molecule has 0 unspecified atom stereocenters. The maximum absolute atomic E-state index is 8.62. The van der Waals surface area contributed by atoms with Gasteiger partial charge in [0, 0.05) is 13.0 Å². The molecule has 1 aliphatic rings. The lowest BCUT2D eigenvalue weighted by atomic mass is 10.3. The Balaban J connectivity index is 2.38. The van der Waals surface area contributed by atoms with Crippen LogP contribution in [0.15, 0.2) is 6.07 Å². The van der Waals surface area contributed by atoms with Gasteiger partial charge in [0.05, 0.1) is 5.69 Å². The Morgan fingerprint density at radius 2 is 2.45 bits per heavy atom. The van der Waals surface area contributed by atoms with Gasteiger partial charge in [0.15, 0.2) is 0 Å². The van der Waals surface area contributed by atoms with Gasteiger partial charge in [0.25, 0.3) is 0 Å². The summed E-state index contributed by atoms with van der Waals surface area (Å²) in [6.07, 6.45) is 2.48. The Hall–Kier alpha value is -1.30. The Morgan fingerprint density at radius 1 is 1.73 bits per heavy atom. The van der Waals surface area contributed by atoms with E-state index >= 15 is 0 Å². The molecule has 0 aromatic carbocycles. The highest BCUT2D eigenvalue weighted by Crippen LogP contribution is 2.39. The first-order chi connectivity index (χ1) is 5.31. The molecule has 0 amide bonds. The summed E-state index contributed by atoms with van der Waals surface area (Å²) < 4.78 is 1.65. The highest BCUT2D eigenvalue weighted by atomic mass is 15.3. The van der Waals surface area contributed by atoms with E-state index in [1.165, 1.54) is 12.8 Å². The van der Waals surface area contributed by atoms with Crippen molar-refractivity contribution in [1.82, 2.24) is 9.78 Å². The second kappa shape index (κ2) is 2.09. The van der Waals surface area contributed by atoms with Crippen molar-refractivity contribution in [2.75, 3.05) is 0 Å². The van der Waals surface area contributed by atoms with E-state index in [1.54, 1.807) is 4.68 Å². The van der Waals surface area contributed by atoms with E-state index in [4.69, 9.17) is 5.26 Å². The van der Waals surface area contributed by atoms with Gasteiger partial charge in [0.1, 0.15) is 11.8 Å². The maximum Gasteiger partial charge on any atom is 0.138 e. The lowest BCUT2D eigenvalue weighted by Gasteiger charge is -1.87. The number of hydrogen-bond acceptors (Lipinski definition) is 2. The van der Waals surface area contributed by atoms with Gasteiger partial charge in [-0.1, -0.05) is 0 Å². The molecule has 0 aliphatic heterocycles. The van der Waals surface area contributed by atoms with Crippen LogP contribution in [0.2, 0.25) is 0 Å². The van der Waals surface area contributed by atoms with Gasteiger partial charge in [-0.15, -0.1) is 0 Å². The van der Waals surface area contributed by atoms with E-state index in [0.29, 0.717) is 11.6 Å². The summed E-state index contributed by atoms with van der Waals surface area (Å²) in [5, 5.41) is 12.9. The average molecular weight is 147 g/mol. The molecular weight excluding hydrogens is 138 g/mol. The fraction of sp³-hybridized carbons (Fsp3) is 0.500. The molecule has 0 bridgehead atoms. The molecule has 1 aliphatic carbocycles. The fourth-order valence-electron chi connectivity index (χ4n) is 1.17. The van der Waals surface area contributed by atoms with E-state index in [2.05, 4.69) is 11.2 Å². The van der Waals surface area contributed by atoms with Crippen molar-refractivity contribution in [3.63, 3.8) is 0 Å². The van der Waals surface area contributed by atoms with Crippen molar-refractivity contribution < 1.29 is 0 Å². The summed E-state index contributed by atoms with van der Waals surface area (Å²) in [4.78, 5) is 0. The summed E-state index contributed by atoms with van der Waals surface area (Å²) in [6, 6.07) is 3.99. The highest BCUT2D eigenvalue weighted by Gasteiger charge is 2.26. The van der Waals surface area contributed by atoms with Gasteiger partial charge in [-0.05, 0) is 18.9 Å². The number of nitriles is 1. The standard InChI is InChI=1S/C8H9N3/c1-11-7(5-9)4-8(10-11)6-2-3-6/h4,6H,2-3H2,1H3. The number of rotatable bonds is 1. The molecule has 0 saturated heterocycles. The van der Waals surface area contributed by atoms with E-state index in [1.807, 2.05) is 13.1 Å². The Kier molecular flexibility index (Phi) is 1.22. The fourth-order valence-corrected chi connectivity index (χ4v) is 1.17. The monoisotopic (exact) mass is 147 g/mol. The quantitative estimate of drug-likeness (QED) is 0.598. The first-order valence-electron chi connectivity index (χ1n) is 3.75. The van der Waals surface area contributed by atoms with Crippen molar-refractivity contribution in [1.29, 1.82) is 5.26 Å². The number of nitrogens with zero attached hydrogens (tertiary/aromatic N) is 3. The summed E-state index contributed by atoms with van der Waals surface area (Å²) >= 11 is 0. The zero-order chi connectivity index (χ0) is 7.84. The summed E-state index contributed by atoms with van der Waals surface area (Å²) in [6.45, 7) is 0. The number of aromatic nitrogens is 2. The van der Waals surface area contributed by atoms with Gasteiger partial charge in [-0.3, -0.25) is 4.68 Å². The molecule has 0 N–H and O–H groups in total. The molecule has 1 aromatic heterocycles. The number of hydrogen-bond donors (Lipinski definition) is 0. The third-order valence-corrected chi connectivity index (χ3v) is 2.01. The lowest BCUT2D eigenvalue weighted by Crippen LogP contribution is -1.93. The minimum atomic E-state index is 0.642. The van der Waals surface area contributed by atoms with Crippen molar-refractivity contribution in [3.05, 3.63) is 17.5 Å². The van der Waals surface area contributed by atoms with Crippen LogP contribution in [0.5, 0.6) is 0 Å². The SMILES string of the molecule is Cn1nc(C2CC2)cc1C#N. The minimum Gasteiger partial charge on any atom is -0.258 e. The smallest absolute Gasteiger partial charge is 0.138 e. The second-order valence-corrected chi connectivity index (χ2v) is 2.96. The molecule has 0 spiro atoms. The third kappa shape index (κ3) is 1.01. The van der Waals surface area contributed by atoms with Crippen molar-refractivity contribution in [2.24, 2.45) is 7.05 Å². The largest absolute Gasteiger partial charge is 0.258 e. The van der Waals surface area contributed by atoms with Crippen LogP contribution in [0.1, 0.15) is 30.1 Å². The Morgan fingerprint density at radius 3 is 2.91 bits per heavy atom. The van der Waals surface area contributed by atoms with Crippen LogP contribution in [0.3, 0.4) is 0 Å². The van der Waals surface area contributed by atoms with Crippen molar-refractivity contribution in [3.8, 4) is 6.07 Å². The second-order valence-electron chi connectivity index (χ2n) is 2.96. The predicted octanol–water partition coefficient (Wildman–Crippen LogP) is 1.17. The highest BCUT2D eigenvalue weighted by molar-refractivity contribution is 5.26. The Bertz CT molecular complexity index is 315. The van der Waals surface area contributed by atoms with Crippen molar-refractivity contribution >= 4 is 0 Å². The molecule has 11 heavy (non-hydrogen) atoms. The molecule has 2 rings (SSSR count). The van der Waals surface area contributed by atoms with Crippen LogP contribution >= 0.6 is 0 Å². The molecule has 0 atom stereocenters. The first kappa shape index (κ1) is 6.41. The summed E-state index contributed by atoms with van der Waals surface area (Å²) in [5.41, 5.74) is 1.75. The molecule has 3 heteroatoms. The van der Waals surface area contributed by atoms with Crippen LogP contribution < -0.4 is 0 Å². The van der Waals surface area contributed by atoms with Gasteiger partial charge in [-0.2, -0.15) is 10.4 Å². The molecule has 0 radical (unpaired) electrons. The maximum atomic E-state index is 8.62. The van der Waals surface area contributed by atoms with E-state index < -0.39 is 0 Å². The molecule has 1 aromatic rings. The molecule has 3 nitrogen and oxygen atoms in total. The van der Waals surface area contributed by atoms with E-state index in [9.17, 15) is 0 Å². The molecule has 1 fully saturated rings. The number of aryl methyl sites for hydroxylation is 1. The predicted molar refractivity (Wildman–Crippen MR) is 39.9 cm³/mol. The van der Waals surface area contributed by atoms with Gasteiger partial charge in [0.2, 0.25) is 0 Å². The third-order valence-electron chi connectivity index (χ3n) is 2.01. The zero-order valence-electron chi connectivity index (χ0n) is 6.41. The van der Waals surface area contributed by atoms with Gasteiger partial charge < -0.3 is 0 Å². The summed E-state index contributed by atoms with van der Waals surface area (Å²) in [7, 11) is 1.81. The van der Waals surface area contributed by atoms with Gasteiger partial charge in [-0.25, -0.2) is 0 Å². The van der Waals surface area contributed by atoms with E-state index in [-0.39, 0.29) is 0 Å². The average Bonchev–Trinajstić information content (AvgIpc) is 2.76. The Labute approximate surface area is 65.3 Å². The molecule has 1 saturated carbocycles. The van der Waals surface area contributed by atoms with Crippen LogP contribution in [0, 0.1) is 11.3 Å². The topological polar surface area (TPSA) is 41.6 Å². The first-order valence-corrected chi connectivity index (χ1v) is 3.75. The van der Waals surface area contributed by atoms with Gasteiger partial charge >= 0.3 is 0 Å². The lowest BCUT2D eigenvalue weighted by molar-refractivity contribution is 0.734. The van der Waals surface area contributed by atoms with Crippen LogP contribution in [-0.4, -0.2) is 9.78 Å². The van der Waals surface area contributed by atoms with Crippen LogP contribution in [0.25, 0.3) is 0 Å². The van der Waals surface area contributed by atoms with Crippen molar-refractivity contribution in [2.45, 2.75) is 18.8 Å². The van der Waals surface area contributed by atoms with Crippen LogP contribution in [0.4, 0.5) is 0 Å². The van der Waals surface area contributed by atoms with E-state index in [0.717, 1.165) is 5.69 Å². The minimum absolute atomic E-state index is 0.642. The summed E-state index contributed by atoms with van der Waals surface area (Å²) in [5.74, 6) is 0.642. The zero-order valence-corrected chi connectivity index (χ0v) is 6.41. The van der Waals surface area contributed by atoms with Crippen LogP contribution in [-0.2, 0) is 7.05 Å². The normalized spacial score (nSPS) is 16.4. The molecular formula is C8H9N3. The molecule has 56 valence electrons. The molecule has 1 heterocycles.